The van der Waals surface area contributed by atoms with Gasteiger partial charge in [-0.05, 0) is 33.2 Å². The van der Waals surface area contributed by atoms with Crippen molar-refractivity contribution in [2.75, 3.05) is 26.2 Å². The first-order valence-corrected chi connectivity index (χ1v) is 6.03. The van der Waals surface area contributed by atoms with E-state index in [4.69, 9.17) is 5.11 Å². The molecule has 1 rings (SSSR count). The van der Waals surface area contributed by atoms with Crippen LogP contribution in [0.3, 0.4) is 0 Å². The molecule has 0 bridgehead atoms. The fraction of sp³-hybridized carbons (Fsp3) is 0.909. The van der Waals surface area contributed by atoms with Gasteiger partial charge in [0, 0.05) is 25.2 Å². The molecule has 0 saturated carbocycles. The van der Waals surface area contributed by atoms with Crippen LogP contribution in [0.4, 0.5) is 4.79 Å². The number of hydrogen-bond donors (Lipinski definition) is 3. The molecular formula is C11H23N3O2. The third-order valence-electron chi connectivity index (χ3n) is 2.67. The van der Waals surface area contributed by atoms with Crippen LogP contribution in [-0.4, -0.2) is 54.4 Å². The third kappa shape index (κ3) is 4.37. The van der Waals surface area contributed by atoms with Crippen molar-refractivity contribution in [1.29, 1.82) is 0 Å². The first kappa shape index (κ1) is 13.3. The van der Waals surface area contributed by atoms with Crippen LogP contribution >= 0.6 is 0 Å². The molecule has 1 saturated heterocycles. The second-order valence-electron chi connectivity index (χ2n) is 4.57. The van der Waals surface area contributed by atoms with E-state index in [0.29, 0.717) is 19.1 Å². The lowest BCUT2D eigenvalue weighted by Gasteiger charge is -2.26. The highest BCUT2D eigenvalue weighted by atomic mass is 16.3. The van der Waals surface area contributed by atoms with Gasteiger partial charge in [0.25, 0.3) is 0 Å². The predicted octanol–water partition coefficient (Wildman–Crippen LogP) is 0.151. The van der Waals surface area contributed by atoms with E-state index < -0.39 is 0 Å². The summed E-state index contributed by atoms with van der Waals surface area (Å²) < 4.78 is 0. The maximum Gasteiger partial charge on any atom is 0.317 e. The van der Waals surface area contributed by atoms with E-state index in [1.807, 2.05) is 13.8 Å². The van der Waals surface area contributed by atoms with Gasteiger partial charge in [0.05, 0.1) is 6.61 Å². The first-order valence-electron chi connectivity index (χ1n) is 6.03. The lowest BCUT2D eigenvalue weighted by atomic mass is 10.2. The highest BCUT2D eigenvalue weighted by Crippen LogP contribution is 2.07. The number of rotatable bonds is 5. The SMILES string of the molecule is CC(C)NC(=O)N(CCO)CC1CCCN1. The lowest BCUT2D eigenvalue weighted by Crippen LogP contribution is -2.48. The van der Waals surface area contributed by atoms with Crippen molar-refractivity contribution in [2.24, 2.45) is 0 Å². The largest absolute Gasteiger partial charge is 0.395 e. The zero-order chi connectivity index (χ0) is 12.0. The number of nitrogens with zero attached hydrogens (tertiary/aromatic N) is 1. The minimum absolute atomic E-state index is 0.0121. The molecule has 1 unspecified atom stereocenters. The number of amides is 2. The van der Waals surface area contributed by atoms with Crippen molar-refractivity contribution in [3.8, 4) is 0 Å². The summed E-state index contributed by atoms with van der Waals surface area (Å²) in [5.41, 5.74) is 0. The van der Waals surface area contributed by atoms with Crippen LogP contribution in [0, 0.1) is 0 Å². The minimum Gasteiger partial charge on any atom is -0.395 e. The molecule has 1 fully saturated rings. The van der Waals surface area contributed by atoms with Crippen molar-refractivity contribution in [3.63, 3.8) is 0 Å². The van der Waals surface area contributed by atoms with Crippen LogP contribution in [0.2, 0.25) is 0 Å². The molecule has 0 aromatic rings. The molecule has 0 spiro atoms. The number of carbonyl (C=O) groups excluding carboxylic acids is 1. The van der Waals surface area contributed by atoms with Gasteiger partial charge in [-0.1, -0.05) is 0 Å². The van der Waals surface area contributed by atoms with Gasteiger partial charge in [-0.2, -0.15) is 0 Å². The Labute approximate surface area is 97.2 Å². The zero-order valence-electron chi connectivity index (χ0n) is 10.2. The molecule has 0 aromatic heterocycles. The third-order valence-corrected chi connectivity index (χ3v) is 2.67. The summed E-state index contributed by atoms with van der Waals surface area (Å²) in [6.45, 7) is 5.99. The Hall–Kier alpha value is -0.810. The van der Waals surface area contributed by atoms with E-state index in [0.717, 1.165) is 13.0 Å². The van der Waals surface area contributed by atoms with Crippen LogP contribution in [0.25, 0.3) is 0 Å². The highest BCUT2D eigenvalue weighted by Gasteiger charge is 2.21. The van der Waals surface area contributed by atoms with Crippen molar-refractivity contribution >= 4 is 6.03 Å². The summed E-state index contributed by atoms with van der Waals surface area (Å²) in [4.78, 5) is 13.5. The predicted molar refractivity (Wildman–Crippen MR) is 63.4 cm³/mol. The average molecular weight is 229 g/mol. The summed E-state index contributed by atoms with van der Waals surface area (Å²) in [5, 5.41) is 15.2. The molecule has 94 valence electrons. The monoisotopic (exact) mass is 229 g/mol. The van der Waals surface area contributed by atoms with Crippen LogP contribution < -0.4 is 10.6 Å². The quantitative estimate of drug-likeness (QED) is 0.629. The fourth-order valence-corrected chi connectivity index (χ4v) is 1.91. The van der Waals surface area contributed by atoms with E-state index in [1.165, 1.54) is 6.42 Å². The second kappa shape index (κ2) is 6.70. The Bertz CT molecular complexity index is 215. The van der Waals surface area contributed by atoms with Gasteiger partial charge in [-0.3, -0.25) is 0 Å². The maximum atomic E-state index is 11.8. The van der Waals surface area contributed by atoms with Gasteiger partial charge in [-0.15, -0.1) is 0 Å². The van der Waals surface area contributed by atoms with Gasteiger partial charge in [0.2, 0.25) is 0 Å². The number of aliphatic hydroxyl groups is 1. The van der Waals surface area contributed by atoms with Gasteiger partial charge in [0.1, 0.15) is 0 Å². The summed E-state index contributed by atoms with van der Waals surface area (Å²) in [7, 11) is 0. The summed E-state index contributed by atoms with van der Waals surface area (Å²) in [6, 6.07) is 0.424. The Kier molecular flexibility index (Phi) is 5.55. The van der Waals surface area contributed by atoms with Crippen LogP contribution in [0.5, 0.6) is 0 Å². The van der Waals surface area contributed by atoms with Gasteiger partial charge in [-0.25, -0.2) is 4.79 Å². The standard InChI is InChI=1S/C11H23N3O2/c1-9(2)13-11(16)14(6-7-15)8-10-4-3-5-12-10/h9-10,12,15H,3-8H2,1-2H3,(H,13,16). The summed E-state index contributed by atoms with van der Waals surface area (Å²) in [6.07, 6.45) is 2.28. The van der Waals surface area contributed by atoms with Gasteiger partial charge < -0.3 is 20.6 Å². The van der Waals surface area contributed by atoms with Crippen molar-refractivity contribution in [2.45, 2.75) is 38.8 Å². The molecule has 5 nitrogen and oxygen atoms in total. The Morgan fingerprint density at radius 2 is 2.38 bits per heavy atom. The lowest BCUT2D eigenvalue weighted by molar-refractivity contribution is 0.169. The minimum atomic E-state index is -0.0854. The molecule has 0 aliphatic carbocycles. The normalized spacial score (nSPS) is 20.1. The Balaban J connectivity index is 2.41. The van der Waals surface area contributed by atoms with E-state index in [2.05, 4.69) is 10.6 Å². The molecule has 1 aliphatic heterocycles. The molecule has 3 N–H and O–H groups in total. The first-order chi connectivity index (χ1) is 7.63. The van der Waals surface area contributed by atoms with E-state index in [1.54, 1.807) is 4.90 Å². The van der Waals surface area contributed by atoms with Crippen LogP contribution in [0.1, 0.15) is 26.7 Å². The number of carbonyl (C=O) groups is 1. The zero-order valence-corrected chi connectivity index (χ0v) is 10.2. The molecular weight excluding hydrogens is 206 g/mol. The maximum absolute atomic E-state index is 11.8. The van der Waals surface area contributed by atoms with Crippen molar-refractivity contribution in [3.05, 3.63) is 0 Å². The fourth-order valence-electron chi connectivity index (χ4n) is 1.91. The Morgan fingerprint density at radius 3 is 2.88 bits per heavy atom. The van der Waals surface area contributed by atoms with Gasteiger partial charge in [0.15, 0.2) is 0 Å². The molecule has 0 radical (unpaired) electrons. The molecule has 1 heterocycles. The molecule has 16 heavy (non-hydrogen) atoms. The molecule has 1 aliphatic rings. The van der Waals surface area contributed by atoms with Gasteiger partial charge >= 0.3 is 6.03 Å². The van der Waals surface area contributed by atoms with Crippen LogP contribution in [0.15, 0.2) is 0 Å². The summed E-state index contributed by atoms with van der Waals surface area (Å²) in [5.74, 6) is 0. The Morgan fingerprint density at radius 1 is 1.62 bits per heavy atom. The number of urea groups is 1. The molecule has 2 amide bonds. The molecule has 0 aromatic carbocycles. The number of nitrogens with one attached hydrogen (secondary N) is 2. The van der Waals surface area contributed by atoms with E-state index in [9.17, 15) is 4.79 Å². The van der Waals surface area contributed by atoms with E-state index in [-0.39, 0.29) is 18.7 Å². The molecule has 1 atom stereocenters. The molecule has 5 heteroatoms. The number of aliphatic hydroxyl groups excluding tert-OH is 1. The smallest absolute Gasteiger partial charge is 0.317 e. The summed E-state index contributed by atoms with van der Waals surface area (Å²) >= 11 is 0. The van der Waals surface area contributed by atoms with Crippen LogP contribution in [-0.2, 0) is 0 Å². The van der Waals surface area contributed by atoms with E-state index >= 15 is 0 Å². The number of hydrogen-bond acceptors (Lipinski definition) is 3. The second-order valence-corrected chi connectivity index (χ2v) is 4.57. The van der Waals surface area contributed by atoms with Crippen molar-refractivity contribution < 1.29 is 9.90 Å². The van der Waals surface area contributed by atoms with Crippen molar-refractivity contribution in [1.82, 2.24) is 15.5 Å². The topological polar surface area (TPSA) is 64.6 Å². The highest BCUT2D eigenvalue weighted by molar-refractivity contribution is 5.74. The average Bonchev–Trinajstić information content (AvgIpc) is 2.68.